The Bertz CT molecular complexity index is 824. The van der Waals surface area contributed by atoms with Crippen LogP contribution in [0.2, 0.25) is 0 Å². The minimum Gasteiger partial charge on any atom is -0.484 e. The SMILES string of the molecule is CN=C(NCc1cccc(OCC(=O)N(C)C)c1)N(C)Cc1cccc(F)c1. The van der Waals surface area contributed by atoms with Crippen molar-refractivity contribution in [2.75, 3.05) is 34.8 Å². The number of nitrogens with zero attached hydrogens (tertiary/aromatic N) is 3. The van der Waals surface area contributed by atoms with Crippen molar-refractivity contribution in [2.45, 2.75) is 13.1 Å². The highest BCUT2D eigenvalue weighted by atomic mass is 19.1. The van der Waals surface area contributed by atoms with Gasteiger partial charge in [0.2, 0.25) is 0 Å². The van der Waals surface area contributed by atoms with Gasteiger partial charge in [0.05, 0.1) is 0 Å². The molecule has 0 radical (unpaired) electrons. The fourth-order valence-electron chi connectivity index (χ4n) is 2.57. The zero-order valence-corrected chi connectivity index (χ0v) is 16.8. The highest BCUT2D eigenvalue weighted by Gasteiger charge is 2.08. The molecule has 0 unspecified atom stereocenters. The fraction of sp³-hybridized carbons (Fsp3) is 0.333. The molecule has 0 aliphatic rings. The molecular formula is C21H27FN4O2. The number of benzene rings is 2. The molecule has 0 bridgehead atoms. The molecule has 0 saturated carbocycles. The van der Waals surface area contributed by atoms with Crippen LogP contribution in [0.4, 0.5) is 4.39 Å². The van der Waals surface area contributed by atoms with E-state index >= 15 is 0 Å². The van der Waals surface area contributed by atoms with Gasteiger partial charge in [0, 0.05) is 41.3 Å². The molecule has 0 aliphatic carbocycles. The second kappa shape index (κ2) is 10.3. The van der Waals surface area contributed by atoms with Crippen LogP contribution >= 0.6 is 0 Å². The van der Waals surface area contributed by atoms with E-state index in [-0.39, 0.29) is 18.3 Å². The Morgan fingerprint density at radius 2 is 1.82 bits per heavy atom. The quantitative estimate of drug-likeness (QED) is 0.587. The van der Waals surface area contributed by atoms with Gasteiger partial charge in [0.15, 0.2) is 12.6 Å². The van der Waals surface area contributed by atoms with E-state index in [1.54, 1.807) is 27.2 Å². The van der Waals surface area contributed by atoms with Gasteiger partial charge in [-0.05, 0) is 35.4 Å². The molecule has 6 nitrogen and oxygen atoms in total. The molecule has 0 saturated heterocycles. The molecule has 150 valence electrons. The van der Waals surface area contributed by atoms with Crippen LogP contribution in [0, 0.1) is 5.82 Å². The highest BCUT2D eigenvalue weighted by Crippen LogP contribution is 2.13. The first-order valence-electron chi connectivity index (χ1n) is 8.97. The first-order chi connectivity index (χ1) is 13.4. The van der Waals surface area contributed by atoms with Crippen molar-refractivity contribution in [2.24, 2.45) is 4.99 Å². The molecule has 2 aromatic carbocycles. The largest absolute Gasteiger partial charge is 0.484 e. The lowest BCUT2D eigenvalue weighted by Crippen LogP contribution is -2.38. The number of halogens is 1. The number of amides is 1. The lowest BCUT2D eigenvalue weighted by Gasteiger charge is -2.22. The summed E-state index contributed by atoms with van der Waals surface area (Å²) in [5.74, 6) is 0.984. The van der Waals surface area contributed by atoms with Gasteiger partial charge in [0.1, 0.15) is 11.6 Å². The number of hydrogen-bond donors (Lipinski definition) is 1. The van der Waals surface area contributed by atoms with Crippen LogP contribution in [0.3, 0.4) is 0 Å². The third kappa shape index (κ3) is 6.57. The number of carbonyl (C=O) groups excluding carboxylic acids is 1. The Morgan fingerprint density at radius 3 is 2.50 bits per heavy atom. The summed E-state index contributed by atoms with van der Waals surface area (Å²) in [6.45, 7) is 1.08. The van der Waals surface area contributed by atoms with Gasteiger partial charge >= 0.3 is 0 Å². The van der Waals surface area contributed by atoms with E-state index in [1.807, 2.05) is 42.3 Å². The Hall–Kier alpha value is -3.09. The number of likely N-dealkylation sites (N-methyl/N-ethyl adjacent to an activating group) is 1. The fourth-order valence-corrected chi connectivity index (χ4v) is 2.57. The lowest BCUT2D eigenvalue weighted by atomic mass is 10.2. The zero-order valence-electron chi connectivity index (χ0n) is 16.8. The van der Waals surface area contributed by atoms with Crippen molar-refractivity contribution in [3.05, 3.63) is 65.5 Å². The van der Waals surface area contributed by atoms with Crippen LogP contribution < -0.4 is 10.1 Å². The second-order valence-electron chi connectivity index (χ2n) is 6.61. The third-order valence-electron chi connectivity index (χ3n) is 4.09. The topological polar surface area (TPSA) is 57.2 Å². The van der Waals surface area contributed by atoms with Gasteiger partial charge in [-0.25, -0.2) is 4.39 Å². The average Bonchev–Trinajstić information content (AvgIpc) is 2.66. The van der Waals surface area contributed by atoms with E-state index < -0.39 is 0 Å². The number of aliphatic imine (C=N–C) groups is 1. The molecular weight excluding hydrogens is 359 g/mol. The molecule has 0 aliphatic heterocycles. The number of ether oxygens (including phenoxy) is 1. The first kappa shape index (κ1) is 21.2. The van der Waals surface area contributed by atoms with Gasteiger partial charge in [-0.1, -0.05) is 24.3 Å². The van der Waals surface area contributed by atoms with Crippen LogP contribution in [0.25, 0.3) is 0 Å². The minimum absolute atomic E-state index is 0.00191. The maximum atomic E-state index is 13.4. The van der Waals surface area contributed by atoms with E-state index in [4.69, 9.17) is 4.74 Å². The summed E-state index contributed by atoms with van der Waals surface area (Å²) in [4.78, 5) is 19.3. The molecule has 1 amide bonds. The van der Waals surface area contributed by atoms with Crippen LogP contribution in [0.15, 0.2) is 53.5 Å². The standard InChI is InChI=1S/C21H27FN4O2/c1-23-21(26(4)14-17-8-5-9-18(22)11-17)24-13-16-7-6-10-19(12-16)28-15-20(27)25(2)3/h5-12H,13-15H2,1-4H3,(H,23,24). The molecule has 0 atom stereocenters. The van der Waals surface area contributed by atoms with Gasteiger partial charge < -0.3 is 19.9 Å². The number of carbonyl (C=O) groups is 1. The molecule has 7 heteroatoms. The van der Waals surface area contributed by atoms with Crippen LogP contribution in [0.5, 0.6) is 5.75 Å². The first-order valence-corrected chi connectivity index (χ1v) is 8.97. The van der Waals surface area contributed by atoms with E-state index in [1.165, 1.54) is 17.0 Å². The van der Waals surface area contributed by atoms with Crippen LogP contribution in [-0.4, -0.2) is 56.5 Å². The summed E-state index contributed by atoms with van der Waals surface area (Å²) in [6, 6.07) is 14.1. The molecule has 0 aromatic heterocycles. The van der Waals surface area contributed by atoms with Gasteiger partial charge in [-0.15, -0.1) is 0 Å². The van der Waals surface area contributed by atoms with Gasteiger partial charge in [0.25, 0.3) is 5.91 Å². The Kier molecular flexibility index (Phi) is 7.80. The molecule has 0 heterocycles. The van der Waals surface area contributed by atoms with Crippen molar-refractivity contribution in [1.29, 1.82) is 0 Å². The Morgan fingerprint density at radius 1 is 1.11 bits per heavy atom. The molecule has 1 N–H and O–H groups in total. The third-order valence-corrected chi connectivity index (χ3v) is 4.09. The monoisotopic (exact) mass is 386 g/mol. The number of guanidine groups is 1. The Labute approximate surface area is 165 Å². The number of nitrogens with one attached hydrogen (secondary N) is 1. The summed E-state index contributed by atoms with van der Waals surface area (Å²) in [7, 11) is 6.99. The predicted molar refractivity (Wildman–Crippen MR) is 109 cm³/mol. The van der Waals surface area contributed by atoms with E-state index in [9.17, 15) is 9.18 Å². The smallest absolute Gasteiger partial charge is 0.259 e. The molecule has 0 fully saturated rings. The molecule has 2 rings (SSSR count). The number of rotatable bonds is 7. The van der Waals surface area contributed by atoms with Gasteiger partial charge in [-0.2, -0.15) is 0 Å². The average molecular weight is 386 g/mol. The second-order valence-corrected chi connectivity index (χ2v) is 6.61. The Balaban J connectivity index is 1.92. The highest BCUT2D eigenvalue weighted by molar-refractivity contribution is 5.79. The van der Waals surface area contributed by atoms with Crippen molar-refractivity contribution in [1.82, 2.24) is 15.1 Å². The maximum absolute atomic E-state index is 13.4. The summed E-state index contributed by atoms with van der Waals surface area (Å²) < 4.78 is 18.9. The lowest BCUT2D eigenvalue weighted by molar-refractivity contribution is -0.130. The van der Waals surface area contributed by atoms with Crippen molar-refractivity contribution >= 4 is 11.9 Å². The normalized spacial score (nSPS) is 11.1. The van der Waals surface area contributed by atoms with E-state index in [2.05, 4.69) is 10.3 Å². The molecule has 2 aromatic rings. The number of hydrogen-bond acceptors (Lipinski definition) is 3. The van der Waals surface area contributed by atoms with Crippen LogP contribution in [-0.2, 0) is 17.9 Å². The van der Waals surface area contributed by atoms with E-state index in [0.29, 0.717) is 24.8 Å². The summed E-state index contributed by atoms with van der Waals surface area (Å²) in [5, 5.41) is 3.28. The summed E-state index contributed by atoms with van der Waals surface area (Å²) >= 11 is 0. The molecule has 28 heavy (non-hydrogen) atoms. The predicted octanol–water partition coefficient (Wildman–Crippen LogP) is 2.50. The van der Waals surface area contributed by atoms with Crippen molar-refractivity contribution < 1.29 is 13.9 Å². The van der Waals surface area contributed by atoms with Crippen molar-refractivity contribution in [3.8, 4) is 5.75 Å². The van der Waals surface area contributed by atoms with Crippen LogP contribution in [0.1, 0.15) is 11.1 Å². The maximum Gasteiger partial charge on any atom is 0.259 e. The zero-order chi connectivity index (χ0) is 20.5. The minimum atomic E-state index is -0.251. The van der Waals surface area contributed by atoms with Gasteiger partial charge in [-0.3, -0.25) is 9.79 Å². The van der Waals surface area contributed by atoms with E-state index in [0.717, 1.165) is 11.1 Å². The summed E-state index contributed by atoms with van der Waals surface area (Å²) in [6.07, 6.45) is 0. The molecule has 0 spiro atoms. The van der Waals surface area contributed by atoms with Crippen molar-refractivity contribution in [3.63, 3.8) is 0 Å². The summed E-state index contributed by atoms with van der Waals surface area (Å²) in [5.41, 5.74) is 1.86.